The maximum Gasteiger partial charge on any atom is 0.259 e. The van der Waals surface area contributed by atoms with Gasteiger partial charge >= 0.3 is 0 Å². The Balaban J connectivity index is 1.29. The van der Waals surface area contributed by atoms with Crippen LogP contribution in [0.25, 0.3) is 11.1 Å². The van der Waals surface area contributed by atoms with Gasteiger partial charge in [0.2, 0.25) is 10.0 Å². The molecule has 0 unspecified atom stereocenters. The predicted octanol–water partition coefficient (Wildman–Crippen LogP) is 4.44. The van der Waals surface area contributed by atoms with Crippen LogP contribution >= 0.6 is 11.6 Å². The van der Waals surface area contributed by atoms with Crippen molar-refractivity contribution in [2.75, 3.05) is 19.6 Å². The zero-order valence-corrected chi connectivity index (χ0v) is 22.1. The van der Waals surface area contributed by atoms with Gasteiger partial charge in [0.1, 0.15) is 5.54 Å². The molecule has 2 aliphatic rings. The Hall–Kier alpha value is -3.20. The number of rotatable bonds is 7. The van der Waals surface area contributed by atoms with Crippen LogP contribution in [0, 0.1) is 11.3 Å². The fourth-order valence-electron chi connectivity index (χ4n) is 5.11. The zero-order chi connectivity index (χ0) is 26.2. The highest BCUT2D eigenvalue weighted by Crippen LogP contribution is 2.33. The summed E-state index contributed by atoms with van der Waals surface area (Å²) in [7, 11) is -3.46. The van der Waals surface area contributed by atoms with E-state index in [1.165, 1.54) is 9.21 Å². The summed E-state index contributed by atoms with van der Waals surface area (Å²) in [6.07, 6.45) is 0.645. The van der Waals surface area contributed by atoms with Gasteiger partial charge < -0.3 is 5.32 Å². The predicted molar refractivity (Wildman–Crippen MR) is 146 cm³/mol. The summed E-state index contributed by atoms with van der Waals surface area (Å²) >= 11 is 6.17. The van der Waals surface area contributed by atoms with E-state index >= 15 is 0 Å². The van der Waals surface area contributed by atoms with E-state index in [0.29, 0.717) is 31.1 Å². The van der Waals surface area contributed by atoms with Gasteiger partial charge in [-0.25, -0.2) is 12.7 Å². The quantitative estimate of drug-likeness (QED) is 0.467. The third-order valence-corrected chi connectivity index (χ3v) is 9.24. The van der Waals surface area contributed by atoms with Crippen LogP contribution in [0.15, 0.2) is 78.9 Å². The van der Waals surface area contributed by atoms with Gasteiger partial charge in [-0.2, -0.15) is 0 Å². The van der Waals surface area contributed by atoms with Crippen molar-refractivity contribution in [2.24, 2.45) is 5.92 Å². The van der Waals surface area contributed by atoms with Gasteiger partial charge in [0.05, 0.1) is 5.75 Å². The molecule has 0 bridgehead atoms. The number of carbonyl (C=O) groups excluding carboxylic acids is 1. The summed E-state index contributed by atoms with van der Waals surface area (Å²) in [5, 5.41) is 12.2. The molecular weight excluding hydrogens is 508 g/mol. The molecule has 2 atom stereocenters. The molecule has 192 valence electrons. The third kappa shape index (κ3) is 5.14. The molecule has 0 aromatic heterocycles. The minimum atomic E-state index is -3.46. The Morgan fingerprint density at radius 3 is 2.46 bits per heavy atom. The van der Waals surface area contributed by atoms with Crippen LogP contribution in [0.4, 0.5) is 0 Å². The molecule has 2 N–H and O–H groups in total. The molecule has 2 heterocycles. The normalized spacial score (nSPS) is 22.4. The molecule has 2 aliphatic heterocycles. The van der Waals surface area contributed by atoms with E-state index in [1.807, 2.05) is 78.9 Å². The third-order valence-electron chi connectivity index (χ3n) is 7.18. The van der Waals surface area contributed by atoms with Crippen molar-refractivity contribution < 1.29 is 13.2 Å². The first-order chi connectivity index (χ1) is 17.7. The summed E-state index contributed by atoms with van der Waals surface area (Å²) in [6, 6.07) is 24.3. The van der Waals surface area contributed by atoms with Crippen LogP contribution in [0.1, 0.15) is 24.5 Å². The number of hydrogen-bond donors (Lipinski definition) is 2. The Morgan fingerprint density at radius 1 is 1.03 bits per heavy atom. The van der Waals surface area contributed by atoms with Gasteiger partial charge in [-0.05, 0) is 59.7 Å². The van der Waals surface area contributed by atoms with E-state index in [-0.39, 0.29) is 23.5 Å². The van der Waals surface area contributed by atoms with Gasteiger partial charge in [-0.15, -0.1) is 0 Å². The van der Waals surface area contributed by atoms with Crippen molar-refractivity contribution in [1.29, 1.82) is 5.41 Å². The Kier molecular flexibility index (Phi) is 6.83. The lowest BCUT2D eigenvalue weighted by atomic mass is 9.89. The molecule has 1 amide bonds. The Bertz CT molecular complexity index is 1450. The molecule has 37 heavy (non-hydrogen) atoms. The van der Waals surface area contributed by atoms with Crippen molar-refractivity contribution in [3.8, 4) is 11.1 Å². The highest BCUT2D eigenvalue weighted by atomic mass is 35.5. The number of amides is 1. The van der Waals surface area contributed by atoms with E-state index in [1.54, 1.807) is 6.92 Å². The number of guanidine groups is 1. The van der Waals surface area contributed by atoms with Crippen molar-refractivity contribution in [3.05, 3.63) is 95.0 Å². The smallest absolute Gasteiger partial charge is 0.259 e. The largest absolute Gasteiger partial charge is 0.338 e. The van der Waals surface area contributed by atoms with Crippen LogP contribution in [-0.2, 0) is 26.1 Å². The summed E-state index contributed by atoms with van der Waals surface area (Å²) in [4.78, 5) is 15.1. The first-order valence-corrected chi connectivity index (χ1v) is 14.2. The lowest BCUT2D eigenvalue weighted by Crippen LogP contribution is -2.41. The maximum atomic E-state index is 13.6. The van der Waals surface area contributed by atoms with Crippen LogP contribution in [0.2, 0.25) is 5.02 Å². The molecule has 0 spiro atoms. The number of nitrogens with one attached hydrogen (secondary N) is 2. The van der Waals surface area contributed by atoms with Crippen LogP contribution in [0.3, 0.4) is 0 Å². The zero-order valence-electron chi connectivity index (χ0n) is 20.5. The fourth-order valence-corrected chi connectivity index (χ4v) is 6.92. The topological polar surface area (TPSA) is 93.6 Å². The molecule has 2 fully saturated rings. The van der Waals surface area contributed by atoms with Gasteiger partial charge in [-0.1, -0.05) is 72.3 Å². The molecule has 0 saturated carbocycles. The van der Waals surface area contributed by atoms with Gasteiger partial charge in [0.15, 0.2) is 5.96 Å². The van der Waals surface area contributed by atoms with Gasteiger partial charge in [0, 0.05) is 24.7 Å². The highest BCUT2D eigenvalue weighted by molar-refractivity contribution is 7.88. The van der Waals surface area contributed by atoms with E-state index in [2.05, 4.69) is 5.32 Å². The van der Waals surface area contributed by atoms with Crippen molar-refractivity contribution in [3.63, 3.8) is 0 Å². The summed E-state index contributed by atoms with van der Waals surface area (Å²) < 4.78 is 27.4. The second-order valence-corrected chi connectivity index (χ2v) is 12.3. The molecule has 2 saturated heterocycles. The number of carbonyl (C=O) groups is 1. The molecule has 3 aromatic carbocycles. The lowest BCUT2D eigenvalue weighted by molar-refractivity contribution is -0.131. The van der Waals surface area contributed by atoms with Crippen LogP contribution in [0.5, 0.6) is 0 Å². The van der Waals surface area contributed by atoms with E-state index in [0.717, 1.165) is 22.3 Å². The van der Waals surface area contributed by atoms with Gasteiger partial charge in [-0.3, -0.25) is 15.1 Å². The summed E-state index contributed by atoms with van der Waals surface area (Å²) in [6.45, 7) is 2.84. The molecule has 3 aromatic rings. The van der Waals surface area contributed by atoms with Crippen molar-refractivity contribution in [1.82, 2.24) is 14.5 Å². The Morgan fingerprint density at radius 2 is 1.73 bits per heavy atom. The monoisotopic (exact) mass is 536 g/mol. The minimum Gasteiger partial charge on any atom is -0.338 e. The molecular formula is C28H29ClN4O3S. The molecule has 7 nitrogen and oxygen atoms in total. The number of benzene rings is 3. The standard InChI is InChI=1S/C28H29ClN4O3S/c1-28(24-11-5-9-22(15-24)23-10-6-12-25(29)16-23)26(34)33(27(30)31-28)18-21-13-14-32(17-21)37(35,36)19-20-7-3-2-4-8-20/h2-12,15-16,21H,13-14,17-19H2,1H3,(H2,30,31)/t21-,28-/m0/s1. The number of sulfonamides is 1. The number of halogens is 1. The van der Waals surface area contributed by atoms with Crippen LogP contribution < -0.4 is 5.32 Å². The molecule has 0 aliphatic carbocycles. The average Bonchev–Trinajstić information content (AvgIpc) is 3.44. The fraction of sp³-hybridized carbons (Fsp3) is 0.286. The summed E-state index contributed by atoms with van der Waals surface area (Å²) in [5.74, 6) is -0.267. The maximum absolute atomic E-state index is 13.6. The molecule has 0 radical (unpaired) electrons. The van der Waals surface area contributed by atoms with E-state index < -0.39 is 15.6 Å². The van der Waals surface area contributed by atoms with Crippen LogP contribution in [-0.4, -0.2) is 49.1 Å². The minimum absolute atomic E-state index is 0.0336. The number of hydrogen-bond acceptors (Lipinski definition) is 4. The molecule has 5 rings (SSSR count). The SMILES string of the molecule is C[C@@]1(c2cccc(-c3cccc(Cl)c3)c2)NC(=N)N(C[C@H]2CCN(S(=O)(=O)Cc3ccccc3)C2)C1=O. The Labute approximate surface area is 222 Å². The van der Waals surface area contributed by atoms with Gasteiger partial charge in [0.25, 0.3) is 5.91 Å². The second kappa shape index (κ2) is 9.93. The lowest BCUT2D eigenvalue weighted by Gasteiger charge is -2.24. The van der Waals surface area contributed by atoms with E-state index in [9.17, 15) is 13.2 Å². The van der Waals surface area contributed by atoms with Crippen molar-refractivity contribution >= 4 is 33.5 Å². The average molecular weight is 537 g/mol. The highest BCUT2D eigenvalue weighted by Gasteiger charge is 2.48. The first kappa shape index (κ1) is 25.4. The summed E-state index contributed by atoms with van der Waals surface area (Å²) in [5.41, 5.74) is 2.28. The number of nitrogens with zero attached hydrogens (tertiary/aromatic N) is 2. The second-order valence-electron chi connectivity index (χ2n) is 9.86. The van der Waals surface area contributed by atoms with Crippen molar-refractivity contribution in [2.45, 2.75) is 24.6 Å². The molecule has 9 heteroatoms. The van der Waals surface area contributed by atoms with E-state index in [4.69, 9.17) is 17.0 Å². The first-order valence-electron chi connectivity index (χ1n) is 12.2.